The molecule has 1 amide bonds. The van der Waals surface area contributed by atoms with Crippen molar-refractivity contribution in [2.24, 2.45) is 11.3 Å². The Kier molecular flexibility index (Phi) is 5.22. The van der Waals surface area contributed by atoms with Crippen LogP contribution in [0.4, 0.5) is 0 Å². The topological polar surface area (TPSA) is 58.6 Å². The summed E-state index contributed by atoms with van der Waals surface area (Å²) in [5.74, 6) is 0.453. The quantitative estimate of drug-likeness (QED) is 0.737. The molecule has 0 bridgehead atoms. The fraction of sp³-hybridized carbons (Fsp3) is 0.917. The zero-order chi connectivity index (χ0) is 12.0. The SMILES string of the molecule is CC(C)CC(=O)NCC1(CO)CCOCC1. The Hall–Kier alpha value is -0.610. The molecule has 2 N–H and O–H groups in total. The molecule has 4 heteroatoms. The highest BCUT2D eigenvalue weighted by atomic mass is 16.5. The van der Waals surface area contributed by atoms with Crippen molar-refractivity contribution in [1.29, 1.82) is 0 Å². The lowest BCUT2D eigenvalue weighted by Crippen LogP contribution is -2.43. The van der Waals surface area contributed by atoms with Crippen LogP contribution in [-0.2, 0) is 9.53 Å². The van der Waals surface area contributed by atoms with Gasteiger partial charge in [0.25, 0.3) is 0 Å². The molecule has 1 aliphatic rings. The Morgan fingerprint density at radius 2 is 2.06 bits per heavy atom. The number of ether oxygens (including phenoxy) is 1. The van der Waals surface area contributed by atoms with Crippen molar-refractivity contribution in [3.8, 4) is 0 Å². The van der Waals surface area contributed by atoms with Gasteiger partial charge in [0, 0.05) is 31.6 Å². The van der Waals surface area contributed by atoms with Gasteiger partial charge in [0.05, 0.1) is 6.61 Å². The highest BCUT2D eigenvalue weighted by molar-refractivity contribution is 5.76. The van der Waals surface area contributed by atoms with Crippen molar-refractivity contribution in [2.45, 2.75) is 33.1 Å². The lowest BCUT2D eigenvalue weighted by molar-refractivity contribution is -0.123. The summed E-state index contributed by atoms with van der Waals surface area (Å²) in [6, 6.07) is 0. The summed E-state index contributed by atoms with van der Waals surface area (Å²) in [6.45, 7) is 6.10. The van der Waals surface area contributed by atoms with E-state index in [0.29, 0.717) is 32.1 Å². The van der Waals surface area contributed by atoms with Gasteiger partial charge in [-0.05, 0) is 18.8 Å². The maximum absolute atomic E-state index is 11.5. The molecule has 16 heavy (non-hydrogen) atoms. The maximum Gasteiger partial charge on any atom is 0.220 e. The van der Waals surface area contributed by atoms with Crippen LogP contribution in [0.5, 0.6) is 0 Å². The van der Waals surface area contributed by atoms with E-state index in [4.69, 9.17) is 4.74 Å². The van der Waals surface area contributed by atoms with Gasteiger partial charge in [-0.2, -0.15) is 0 Å². The van der Waals surface area contributed by atoms with Crippen LogP contribution in [0.15, 0.2) is 0 Å². The highest BCUT2D eigenvalue weighted by Crippen LogP contribution is 2.28. The van der Waals surface area contributed by atoms with E-state index in [1.165, 1.54) is 0 Å². The summed E-state index contributed by atoms with van der Waals surface area (Å²) in [4.78, 5) is 11.5. The van der Waals surface area contributed by atoms with Crippen LogP contribution in [0.3, 0.4) is 0 Å². The number of carbonyl (C=O) groups excluding carboxylic acids is 1. The van der Waals surface area contributed by atoms with E-state index in [1.807, 2.05) is 13.8 Å². The van der Waals surface area contributed by atoms with Gasteiger partial charge in [-0.25, -0.2) is 0 Å². The number of amides is 1. The largest absolute Gasteiger partial charge is 0.396 e. The third kappa shape index (κ3) is 4.10. The first-order valence-corrected chi connectivity index (χ1v) is 6.03. The Morgan fingerprint density at radius 3 is 2.56 bits per heavy atom. The van der Waals surface area contributed by atoms with Gasteiger partial charge in [-0.3, -0.25) is 4.79 Å². The average molecular weight is 229 g/mol. The first-order chi connectivity index (χ1) is 7.58. The summed E-state index contributed by atoms with van der Waals surface area (Å²) in [7, 11) is 0. The Labute approximate surface area is 97.4 Å². The van der Waals surface area contributed by atoms with E-state index in [-0.39, 0.29) is 17.9 Å². The Bertz CT molecular complexity index is 222. The second kappa shape index (κ2) is 6.21. The predicted molar refractivity (Wildman–Crippen MR) is 62.0 cm³/mol. The molecule has 0 unspecified atom stereocenters. The first-order valence-electron chi connectivity index (χ1n) is 6.03. The second-order valence-electron chi connectivity index (χ2n) is 5.15. The van der Waals surface area contributed by atoms with Crippen molar-refractivity contribution in [2.75, 3.05) is 26.4 Å². The van der Waals surface area contributed by atoms with Crippen molar-refractivity contribution in [3.05, 3.63) is 0 Å². The van der Waals surface area contributed by atoms with Crippen LogP contribution in [0.25, 0.3) is 0 Å². The number of carbonyl (C=O) groups is 1. The number of hydrogen-bond acceptors (Lipinski definition) is 3. The molecule has 1 saturated heterocycles. The number of nitrogens with one attached hydrogen (secondary N) is 1. The molecule has 0 atom stereocenters. The molecule has 0 aromatic heterocycles. The molecule has 0 saturated carbocycles. The minimum absolute atomic E-state index is 0.0781. The van der Waals surface area contributed by atoms with Crippen LogP contribution < -0.4 is 5.32 Å². The summed E-state index contributed by atoms with van der Waals surface area (Å²) in [5.41, 5.74) is -0.162. The Morgan fingerprint density at radius 1 is 1.44 bits per heavy atom. The predicted octanol–water partition coefficient (Wildman–Crippen LogP) is 0.938. The van der Waals surface area contributed by atoms with Crippen LogP contribution >= 0.6 is 0 Å². The molecule has 1 fully saturated rings. The third-order valence-electron chi connectivity index (χ3n) is 3.14. The Balaban J connectivity index is 2.35. The van der Waals surface area contributed by atoms with E-state index in [2.05, 4.69) is 5.32 Å². The van der Waals surface area contributed by atoms with E-state index >= 15 is 0 Å². The molecule has 94 valence electrons. The van der Waals surface area contributed by atoms with Crippen LogP contribution in [0, 0.1) is 11.3 Å². The van der Waals surface area contributed by atoms with E-state index in [1.54, 1.807) is 0 Å². The normalized spacial score (nSPS) is 19.8. The van der Waals surface area contributed by atoms with Crippen molar-refractivity contribution < 1.29 is 14.6 Å². The number of aliphatic hydroxyl groups is 1. The molecule has 1 aliphatic heterocycles. The number of rotatable bonds is 5. The number of aliphatic hydroxyl groups excluding tert-OH is 1. The second-order valence-corrected chi connectivity index (χ2v) is 5.15. The molecule has 1 heterocycles. The molecular weight excluding hydrogens is 206 g/mol. The summed E-state index contributed by atoms with van der Waals surface area (Å²) < 4.78 is 5.27. The standard InChI is InChI=1S/C12H23NO3/c1-10(2)7-11(15)13-8-12(9-14)3-5-16-6-4-12/h10,14H,3-9H2,1-2H3,(H,13,15). The van der Waals surface area contributed by atoms with Gasteiger partial charge >= 0.3 is 0 Å². The van der Waals surface area contributed by atoms with Gasteiger partial charge in [0.2, 0.25) is 5.91 Å². The van der Waals surface area contributed by atoms with Gasteiger partial charge < -0.3 is 15.2 Å². The molecule has 0 spiro atoms. The minimum atomic E-state index is -0.162. The fourth-order valence-electron chi connectivity index (χ4n) is 1.92. The summed E-state index contributed by atoms with van der Waals surface area (Å²) >= 11 is 0. The summed E-state index contributed by atoms with van der Waals surface area (Å²) in [6.07, 6.45) is 2.20. The van der Waals surface area contributed by atoms with E-state index < -0.39 is 0 Å². The molecule has 0 aromatic rings. The average Bonchev–Trinajstić information content (AvgIpc) is 2.27. The van der Waals surface area contributed by atoms with Gasteiger partial charge in [0.1, 0.15) is 0 Å². The molecule has 0 aromatic carbocycles. The van der Waals surface area contributed by atoms with Gasteiger partial charge in [-0.15, -0.1) is 0 Å². The lowest BCUT2D eigenvalue weighted by Gasteiger charge is -2.35. The van der Waals surface area contributed by atoms with Crippen LogP contribution in [0.2, 0.25) is 0 Å². The molecule has 1 rings (SSSR count). The van der Waals surface area contributed by atoms with Crippen LogP contribution in [-0.4, -0.2) is 37.4 Å². The van der Waals surface area contributed by atoms with Crippen molar-refractivity contribution >= 4 is 5.91 Å². The lowest BCUT2D eigenvalue weighted by atomic mass is 9.81. The molecule has 4 nitrogen and oxygen atoms in total. The van der Waals surface area contributed by atoms with Gasteiger partial charge in [0.15, 0.2) is 0 Å². The van der Waals surface area contributed by atoms with Gasteiger partial charge in [-0.1, -0.05) is 13.8 Å². The van der Waals surface area contributed by atoms with Crippen molar-refractivity contribution in [3.63, 3.8) is 0 Å². The van der Waals surface area contributed by atoms with E-state index in [9.17, 15) is 9.90 Å². The zero-order valence-corrected chi connectivity index (χ0v) is 10.3. The van der Waals surface area contributed by atoms with E-state index in [0.717, 1.165) is 12.8 Å². The monoisotopic (exact) mass is 229 g/mol. The zero-order valence-electron chi connectivity index (χ0n) is 10.3. The van der Waals surface area contributed by atoms with Crippen molar-refractivity contribution in [1.82, 2.24) is 5.32 Å². The maximum atomic E-state index is 11.5. The first kappa shape index (κ1) is 13.5. The molecule has 0 aliphatic carbocycles. The number of hydrogen-bond donors (Lipinski definition) is 2. The summed E-state index contributed by atoms with van der Waals surface area (Å²) in [5, 5.41) is 12.4. The minimum Gasteiger partial charge on any atom is -0.396 e. The van der Waals surface area contributed by atoms with Crippen LogP contribution in [0.1, 0.15) is 33.1 Å². The third-order valence-corrected chi connectivity index (χ3v) is 3.14. The highest BCUT2D eigenvalue weighted by Gasteiger charge is 2.32. The molecular formula is C12H23NO3. The fourth-order valence-corrected chi connectivity index (χ4v) is 1.92. The smallest absolute Gasteiger partial charge is 0.220 e. The molecule has 0 radical (unpaired) electrons.